The molecule has 0 fully saturated rings. The van der Waals surface area contributed by atoms with Crippen molar-refractivity contribution in [3.8, 4) is 11.1 Å². The number of likely N-dealkylation sites (N-methyl/N-ethyl adjacent to an activating group) is 1. The van der Waals surface area contributed by atoms with Gasteiger partial charge in [-0.15, -0.1) is 0 Å². The van der Waals surface area contributed by atoms with Crippen LogP contribution in [0.25, 0.3) is 11.1 Å². The maximum Gasteiger partial charge on any atom is 0.329 e. The Kier molecular flexibility index (Phi) is 11.4. The summed E-state index contributed by atoms with van der Waals surface area (Å²) in [7, 11) is 3.97. The molecular weight excluding hydrogens is 474 g/mol. The van der Waals surface area contributed by atoms with Crippen molar-refractivity contribution in [2.24, 2.45) is 5.92 Å². The summed E-state index contributed by atoms with van der Waals surface area (Å²) in [6, 6.07) is 26.8. The maximum absolute atomic E-state index is 13.4. The van der Waals surface area contributed by atoms with Crippen molar-refractivity contribution in [2.75, 3.05) is 33.7 Å². The molecule has 2 amide bonds. The standard InChI is InChI=1S/C32H41N3O3/c1-25(2)19-20-35(22-21-34(3)4)32(37)33-30(31(36)38-24-27-11-7-5-8-12-27)23-26-15-17-29(18-16-26)28-13-9-6-10-14-28/h5-18,25,30H,19-24H2,1-4H3,(H,33,37). The molecule has 0 aromatic heterocycles. The lowest BCUT2D eigenvalue weighted by Gasteiger charge is -2.28. The number of nitrogens with one attached hydrogen (secondary N) is 1. The Balaban J connectivity index is 1.74. The van der Waals surface area contributed by atoms with Crippen LogP contribution < -0.4 is 5.32 Å². The summed E-state index contributed by atoms with van der Waals surface area (Å²) in [5.41, 5.74) is 4.09. The van der Waals surface area contributed by atoms with E-state index in [2.05, 4.69) is 36.2 Å². The predicted molar refractivity (Wildman–Crippen MR) is 154 cm³/mol. The lowest BCUT2D eigenvalue weighted by molar-refractivity contribution is -0.147. The average Bonchev–Trinajstić information content (AvgIpc) is 2.92. The van der Waals surface area contributed by atoms with Crippen LogP contribution in [0.2, 0.25) is 0 Å². The zero-order valence-corrected chi connectivity index (χ0v) is 23.1. The first-order chi connectivity index (χ1) is 18.3. The highest BCUT2D eigenvalue weighted by molar-refractivity contribution is 5.84. The summed E-state index contributed by atoms with van der Waals surface area (Å²) >= 11 is 0. The Morgan fingerprint density at radius 3 is 1.97 bits per heavy atom. The number of amides is 2. The molecule has 1 atom stereocenters. The molecule has 1 N–H and O–H groups in total. The number of carbonyl (C=O) groups is 2. The third-order valence-electron chi connectivity index (χ3n) is 6.39. The molecule has 38 heavy (non-hydrogen) atoms. The molecule has 0 spiro atoms. The molecule has 3 rings (SSSR count). The summed E-state index contributed by atoms with van der Waals surface area (Å²) in [6.45, 7) is 6.42. The number of ether oxygens (including phenoxy) is 1. The molecule has 0 radical (unpaired) electrons. The number of hydrogen-bond donors (Lipinski definition) is 1. The molecule has 1 unspecified atom stereocenters. The first kappa shape index (κ1) is 28.9. The van der Waals surface area contributed by atoms with Crippen LogP contribution in [0.5, 0.6) is 0 Å². The topological polar surface area (TPSA) is 61.9 Å². The number of rotatable bonds is 13. The molecule has 0 heterocycles. The molecule has 0 aliphatic heterocycles. The first-order valence-corrected chi connectivity index (χ1v) is 13.4. The van der Waals surface area contributed by atoms with Crippen LogP contribution in [-0.4, -0.2) is 61.6 Å². The largest absolute Gasteiger partial charge is 0.459 e. The van der Waals surface area contributed by atoms with E-state index in [1.54, 1.807) is 4.90 Å². The number of carbonyl (C=O) groups excluding carboxylic acids is 2. The molecule has 0 saturated heterocycles. The fraction of sp³-hybridized carbons (Fsp3) is 0.375. The second-order valence-corrected chi connectivity index (χ2v) is 10.3. The summed E-state index contributed by atoms with van der Waals surface area (Å²) in [6.07, 6.45) is 1.24. The third-order valence-corrected chi connectivity index (χ3v) is 6.39. The molecule has 3 aromatic carbocycles. The van der Waals surface area contributed by atoms with E-state index in [1.807, 2.05) is 86.9 Å². The van der Waals surface area contributed by atoms with Gasteiger partial charge in [-0.3, -0.25) is 0 Å². The fourth-order valence-electron chi connectivity index (χ4n) is 4.01. The van der Waals surface area contributed by atoms with Crippen LogP contribution in [0, 0.1) is 5.92 Å². The quantitative estimate of drug-likeness (QED) is 0.300. The number of hydrogen-bond acceptors (Lipinski definition) is 4. The average molecular weight is 516 g/mol. The second-order valence-electron chi connectivity index (χ2n) is 10.3. The summed E-state index contributed by atoms with van der Waals surface area (Å²) < 4.78 is 5.65. The zero-order valence-electron chi connectivity index (χ0n) is 23.1. The van der Waals surface area contributed by atoms with Gasteiger partial charge in [-0.1, -0.05) is 98.8 Å². The molecule has 3 aromatic rings. The molecule has 0 bridgehead atoms. The minimum atomic E-state index is -0.797. The van der Waals surface area contributed by atoms with E-state index in [4.69, 9.17) is 4.74 Å². The van der Waals surface area contributed by atoms with E-state index in [-0.39, 0.29) is 12.6 Å². The van der Waals surface area contributed by atoms with Gasteiger partial charge < -0.3 is 19.9 Å². The van der Waals surface area contributed by atoms with E-state index < -0.39 is 12.0 Å². The van der Waals surface area contributed by atoms with Gasteiger partial charge in [-0.25, -0.2) is 9.59 Å². The monoisotopic (exact) mass is 515 g/mol. The Morgan fingerprint density at radius 2 is 1.37 bits per heavy atom. The van der Waals surface area contributed by atoms with Crippen LogP contribution >= 0.6 is 0 Å². The van der Waals surface area contributed by atoms with Crippen molar-refractivity contribution in [2.45, 2.75) is 39.3 Å². The van der Waals surface area contributed by atoms with Crippen molar-refractivity contribution in [1.29, 1.82) is 0 Å². The highest BCUT2D eigenvalue weighted by Gasteiger charge is 2.26. The first-order valence-electron chi connectivity index (χ1n) is 13.4. The molecular formula is C32H41N3O3. The number of nitrogens with zero attached hydrogens (tertiary/aromatic N) is 2. The van der Waals surface area contributed by atoms with Crippen LogP contribution in [0.3, 0.4) is 0 Å². The van der Waals surface area contributed by atoms with E-state index in [0.29, 0.717) is 25.4 Å². The fourth-order valence-corrected chi connectivity index (χ4v) is 4.01. The van der Waals surface area contributed by atoms with Gasteiger partial charge in [-0.2, -0.15) is 0 Å². The highest BCUT2D eigenvalue weighted by atomic mass is 16.5. The Morgan fingerprint density at radius 1 is 0.763 bits per heavy atom. The Hall–Kier alpha value is -3.64. The number of esters is 1. The van der Waals surface area contributed by atoms with Crippen molar-refractivity contribution in [3.63, 3.8) is 0 Å². The normalized spacial score (nSPS) is 11.8. The van der Waals surface area contributed by atoms with Crippen LogP contribution in [0.15, 0.2) is 84.9 Å². The van der Waals surface area contributed by atoms with E-state index in [9.17, 15) is 9.59 Å². The summed E-state index contributed by atoms with van der Waals surface area (Å²) in [5, 5.41) is 2.99. The molecule has 202 valence electrons. The minimum absolute atomic E-state index is 0.163. The number of benzene rings is 3. The third kappa shape index (κ3) is 9.67. The van der Waals surface area contributed by atoms with Crippen LogP contribution in [0.1, 0.15) is 31.4 Å². The van der Waals surface area contributed by atoms with Gasteiger partial charge in [0.2, 0.25) is 0 Å². The molecule has 6 heteroatoms. The van der Waals surface area contributed by atoms with Crippen LogP contribution in [-0.2, 0) is 22.6 Å². The van der Waals surface area contributed by atoms with Gasteiger partial charge in [0.25, 0.3) is 0 Å². The molecule has 0 aliphatic carbocycles. The zero-order chi connectivity index (χ0) is 27.3. The van der Waals surface area contributed by atoms with Crippen molar-refractivity contribution in [1.82, 2.24) is 15.1 Å². The second kappa shape index (κ2) is 14.9. The van der Waals surface area contributed by atoms with Gasteiger partial charge in [0.15, 0.2) is 0 Å². The molecule has 0 saturated carbocycles. The lowest BCUT2D eigenvalue weighted by atomic mass is 10.0. The van der Waals surface area contributed by atoms with E-state index >= 15 is 0 Å². The van der Waals surface area contributed by atoms with Crippen LogP contribution in [0.4, 0.5) is 4.79 Å². The van der Waals surface area contributed by atoms with Gasteiger partial charge in [0.1, 0.15) is 12.6 Å². The number of urea groups is 1. The lowest BCUT2D eigenvalue weighted by Crippen LogP contribution is -2.51. The molecule has 6 nitrogen and oxygen atoms in total. The maximum atomic E-state index is 13.4. The van der Waals surface area contributed by atoms with Crippen molar-refractivity contribution in [3.05, 3.63) is 96.1 Å². The van der Waals surface area contributed by atoms with Gasteiger partial charge in [0, 0.05) is 26.1 Å². The van der Waals surface area contributed by atoms with Gasteiger partial charge in [0.05, 0.1) is 0 Å². The smallest absolute Gasteiger partial charge is 0.329 e. The highest BCUT2D eigenvalue weighted by Crippen LogP contribution is 2.20. The van der Waals surface area contributed by atoms with Gasteiger partial charge in [-0.05, 0) is 48.7 Å². The van der Waals surface area contributed by atoms with Crippen molar-refractivity contribution >= 4 is 12.0 Å². The Bertz CT molecular complexity index is 1100. The SMILES string of the molecule is CC(C)CCN(CCN(C)C)C(=O)NC(Cc1ccc(-c2ccccc2)cc1)C(=O)OCc1ccccc1. The van der Waals surface area contributed by atoms with Gasteiger partial charge >= 0.3 is 12.0 Å². The minimum Gasteiger partial charge on any atom is -0.459 e. The van der Waals surface area contributed by atoms with Crippen molar-refractivity contribution < 1.29 is 14.3 Å². The molecule has 0 aliphatic rings. The summed E-state index contributed by atoms with van der Waals surface area (Å²) in [5.74, 6) is 0.0326. The predicted octanol–water partition coefficient (Wildman–Crippen LogP) is 5.63. The van der Waals surface area contributed by atoms with E-state index in [1.165, 1.54) is 0 Å². The Labute approximate surface area is 227 Å². The summed E-state index contributed by atoms with van der Waals surface area (Å²) in [4.78, 5) is 30.5. The van der Waals surface area contributed by atoms with E-state index in [0.717, 1.165) is 35.2 Å².